The van der Waals surface area contributed by atoms with E-state index in [4.69, 9.17) is 4.55 Å². The van der Waals surface area contributed by atoms with Crippen LogP contribution in [0.4, 0.5) is 0 Å². The maximum atomic E-state index is 12.3. The predicted molar refractivity (Wildman–Crippen MR) is 97.0 cm³/mol. The predicted octanol–water partition coefficient (Wildman–Crippen LogP) is 2.74. The summed E-state index contributed by atoms with van der Waals surface area (Å²) < 4.78 is 23.9. The summed E-state index contributed by atoms with van der Waals surface area (Å²) in [5.41, 5.74) is 3.87. The molecule has 5 nitrogen and oxygen atoms in total. The van der Waals surface area contributed by atoms with Crippen LogP contribution >= 0.6 is 0 Å². The van der Waals surface area contributed by atoms with Gasteiger partial charge in [-0.3, -0.25) is 9.35 Å². The van der Waals surface area contributed by atoms with Gasteiger partial charge in [0.15, 0.2) is 0 Å². The third-order valence-electron chi connectivity index (χ3n) is 4.14. The maximum Gasteiger partial charge on any atom is 0.258 e. The van der Waals surface area contributed by atoms with Gasteiger partial charge in [-0.2, -0.15) is 0 Å². The van der Waals surface area contributed by atoms with E-state index >= 15 is 0 Å². The minimum Gasteiger partial charge on any atom is -0.317 e. The molecule has 2 aromatic carbocycles. The van der Waals surface area contributed by atoms with Crippen LogP contribution in [0.3, 0.4) is 0 Å². The summed E-state index contributed by atoms with van der Waals surface area (Å²) in [6.45, 7) is 2.26. The Morgan fingerprint density at radius 2 is 1.88 bits per heavy atom. The smallest absolute Gasteiger partial charge is 0.258 e. The molecule has 1 aromatic heterocycles. The van der Waals surface area contributed by atoms with Crippen LogP contribution in [0.5, 0.6) is 0 Å². The van der Waals surface area contributed by atoms with E-state index in [0.717, 1.165) is 27.6 Å². The molecule has 3 aromatic rings. The van der Waals surface area contributed by atoms with Crippen molar-refractivity contribution in [1.29, 1.82) is 0 Å². The summed E-state index contributed by atoms with van der Waals surface area (Å²) in [5.74, 6) is 0. The Bertz CT molecular complexity index is 995. The fraction of sp³-hybridized carbons (Fsp3) is 0.167. The molecule has 0 radical (unpaired) electrons. The van der Waals surface area contributed by atoms with Gasteiger partial charge in [0.05, 0.1) is 0 Å². The van der Waals surface area contributed by atoms with Crippen molar-refractivity contribution in [2.24, 2.45) is 7.05 Å². The second-order valence-corrected chi connectivity index (χ2v) is 6.50. The first-order valence-corrected chi connectivity index (χ1v) is 8.60. The van der Waals surface area contributed by atoms with Crippen molar-refractivity contribution in [3.63, 3.8) is 0 Å². The lowest BCUT2D eigenvalue weighted by molar-refractivity contribution is 0.548. The highest BCUT2D eigenvalue weighted by Gasteiger charge is 2.10. The van der Waals surface area contributed by atoms with Gasteiger partial charge in [0.25, 0.3) is 5.56 Å². The van der Waals surface area contributed by atoms with Gasteiger partial charge < -0.3 is 4.57 Å². The lowest BCUT2D eigenvalue weighted by Crippen LogP contribution is -2.17. The van der Waals surface area contributed by atoms with Crippen molar-refractivity contribution in [3.8, 4) is 11.1 Å². The van der Waals surface area contributed by atoms with E-state index in [1.807, 2.05) is 55.6 Å². The monoisotopic (exact) mass is 342 g/mol. The summed E-state index contributed by atoms with van der Waals surface area (Å²) in [5, 5.41) is 1.57. The topological polar surface area (TPSA) is 71.3 Å². The average Bonchev–Trinajstić information content (AvgIpc) is 2.57. The number of rotatable bonds is 4. The highest BCUT2D eigenvalue weighted by atomic mass is 32.2. The third-order valence-corrected chi connectivity index (χ3v) is 4.53. The fourth-order valence-corrected chi connectivity index (χ4v) is 3.09. The van der Waals surface area contributed by atoms with Gasteiger partial charge in [-0.15, -0.1) is 0 Å². The molecule has 0 spiro atoms. The van der Waals surface area contributed by atoms with Crippen LogP contribution in [0, 0.1) is 6.92 Å². The molecule has 6 heteroatoms. The van der Waals surface area contributed by atoms with E-state index in [0.29, 0.717) is 11.9 Å². The molecule has 1 unspecified atom stereocenters. The fourth-order valence-electron chi connectivity index (χ4n) is 2.82. The van der Waals surface area contributed by atoms with Crippen LogP contribution in [0.2, 0.25) is 0 Å². The number of fused-ring (bicyclic) bond motifs is 1. The van der Waals surface area contributed by atoms with Gasteiger partial charge in [0, 0.05) is 30.7 Å². The molecule has 0 saturated heterocycles. The average molecular weight is 342 g/mol. The van der Waals surface area contributed by atoms with E-state index in [-0.39, 0.29) is 5.56 Å². The van der Waals surface area contributed by atoms with E-state index in [9.17, 15) is 9.00 Å². The molecule has 0 amide bonds. The molecule has 1 atom stereocenters. The molecule has 1 heterocycles. The quantitative estimate of drug-likeness (QED) is 0.716. The van der Waals surface area contributed by atoms with E-state index < -0.39 is 11.3 Å². The van der Waals surface area contributed by atoms with E-state index in [1.165, 1.54) is 0 Å². The van der Waals surface area contributed by atoms with Crippen molar-refractivity contribution < 1.29 is 8.76 Å². The molecule has 24 heavy (non-hydrogen) atoms. The van der Waals surface area contributed by atoms with Gasteiger partial charge >= 0.3 is 0 Å². The van der Waals surface area contributed by atoms with Crippen molar-refractivity contribution in [2.45, 2.75) is 13.5 Å². The third kappa shape index (κ3) is 3.17. The number of nitrogens with zero attached hydrogens (tertiary/aromatic N) is 1. The van der Waals surface area contributed by atoms with Gasteiger partial charge in [-0.05, 0) is 41.1 Å². The second kappa shape index (κ2) is 6.68. The number of pyridine rings is 1. The van der Waals surface area contributed by atoms with Crippen molar-refractivity contribution >= 4 is 22.0 Å². The van der Waals surface area contributed by atoms with Crippen LogP contribution in [0.25, 0.3) is 21.9 Å². The van der Waals surface area contributed by atoms with E-state index in [2.05, 4.69) is 4.72 Å². The Balaban J connectivity index is 2.18. The summed E-state index contributed by atoms with van der Waals surface area (Å²) >= 11 is -2.05. The standard InChI is InChI=1S/C18H18N2O3S/c1-12-7-8-13(9-14(12)10-19-24(22)23)17-11-20(2)18(21)16-6-4-3-5-15(16)17/h3-9,11,19H,10H2,1-2H3,(H,22,23). The number of aryl methyl sites for hydroxylation is 2. The normalized spacial score (nSPS) is 12.5. The first kappa shape index (κ1) is 16.6. The van der Waals surface area contributed by atoms with Crippen molar-refractivity contribution in [2.75, 3.05) is 0 Å². The SMILES string of the molecule is Cc1ccc(-c2cn(C)c(=O)c3ccccc23)cc1CNS(=O)O. The number of hydrogen-bond donors (Lipinski definition) is 2. The van der Waals surface area contributed by atoms with Gasteiger partial charge in [-0.25, -0.2) is 8.93 Å². The second-order valence-electron chi connectivity index (χ2n) is 5.72. The van der Waals surface area contributed by atoms with Crippen LogP contribution in [-0.2, 0) is 24.9 Å². The Hall–Kier alpha value is -2.28. The number of aromatic nitrogens is 1. The minimum absolute atomic E-state index is 0.0287. The zero-order chi connectivity index (χ0) is 17.3. The molecule has 0 aliphatic carbocycles. The Kier molecular flexibility index (Phi) is 4.62. The molecular formula is C18H18N2O3S. The molecular weight excluding hydrogens is 324 g/mol. The van der Waals surface area contributed by atoms with E-state index in [1.54, 1.807) is 11.6 Å². The molecule has 124 valence electrons. The van der Waals surface area contributed by atoms with Crippen LogP contribution < -0.4 is 10.3 Å². The lowest BCUT2D eigenvalue weighted by Gasteiger charge is -2.12. The first-order valence-electron chi connectivity index (χ1n) is 7.50. The molecule has 0 saturated carbocycles. The molecule has 0 aliphatic heterocycles. The first-order chi connectivity index (χ1) is 11.5. The van der Waals surface area contributed by atoms with Gasteiger partial charge in [-0.1, -0.05) is 30.3 Å². The largest absolute Gasteiger partial charge is 0.317 e. The zero-order valence-corrected chi connectivity index (χ0v) is 14.3. The highest BCUT2D eigenvalue weighted by molar-refractivity contribution is 7.77. The summed E-state index contributed by atoms with van der Waals surface area (Å²) in [7, 11) is 1.74. The lowest BCUT2D eigenvalue weighted by atomic mass is 9.97. The number of benzene rings is 2. The van der Waals surface area contributed by atoms with Gasteiger partial charge in [0.1, 0.15) is 0 Å². The summed E-state index contributed by atoms with van der Waals surface area (Å²) in [6.07, 6.45) is 1.83. The summed E-state index contributed by atoms with van der Waals surface area (Å²) in [4.78, 5) is 12.3. The van der Waals surface area contributed by atoms with Crippen molar-refractivity contribution in [1.82, 2.24) is 9.29 Å². The Morgan fingerprint density at radius 1 is 1.17 bits per heavy atom. The maximum absolute atomic E-state index is 12.3. The van der Waals surface area contributed by atoms with Gasteiger partial charge in [0.2, 0.25) is 11.3 Å². The summed E-state index contributed by atoms with van der Waals surface area (Å²) in [6, 6.07) is 13.5. The number of nitrogens with one attached hydrogen (secondary N) is 1. The van der Waals surface area contributed by atoms with Crippen LogP contribution in [-0.4, -0.2) is 13.3 Å². The number of hydrogen-bond acceptors (Lipinski definition) is 2. The highest BCUT2D eigenvalue weighted by Crippen LogP contribution is 2.28. The Morgan fingerprint density at radius 3 is 2.58 bits per heavy atom. The van der Waals surface area contributed by atoms with Crippen LogP contribution in [0.15, 0.2) is 53.5 Å². The minimum atomic E-state index is -2.05. The molecule has 0 aliphatic rings. The molecule has 2 N–H and O–H groups in total. The molecule has 0 fully saturated rings. The zero-order valence-electron chi connectivity index (χ0n) is 13.4. The molecule has 3 rings (SSSR count). The van der Waals surface area contributed by atoms with Crippen molar-refractivity contribution in [3.05, 3.63) is 70.1 Å². The Labute approximate surface area is 142 Å². The van der Waals surface area contributed by atoms with Crippen LogP contribution in [0.1, 0.15) is 11.1 Å². The molecule has 0 bridgehead atoms.